The molecular formula is C15H14ClNO. The van der Waals surface area contributed by atoms with E-state index in [1.807, 2.05) is 49.2 Å². The Morgan fingerprint density at radius 2 is 1.89 bits per heavy atom. The van der Waals surface area contributed by atoms with E-state index in [9.17, 15) is 4.79 Å². The standard InChI is InChI=1S/C15H14ClNO/c1-11-5-3-6-12(9-11)17(2)15-8-4-7-14(16)13(15)10-18/h3-10H,1-2H3. The van der Waals surface area contributed by atoms with Crippen LogP contribution in [0.1, 0.15) is 15.9 Å². The van der Waals surface area contributed by atoms with Crippen LogP contribution < -0.4 is 4.90 Å². The molecule has 0 unspecified atom stereocenters. The van der Waals surface area contributed by atoms with Crippen molar-refractivity contribution in [2.45, 2.75) is 6.92 Å². The molecule has 0 saturated carbocycles. The molecule has 2 aromatic rings. The van der Waals surface area contributed by atoms with Crippen LogP contribution in [0.25, 0.3) is 0 Å². The van der Waals surface area contributed by atoms with Gasteiger partial charge in [-0.15, -0.1) is 0 Å². The Morgan fingerprint density at radius 3 is 2.56 bits per heavy atom. The van der Waals surface area contributed by atoms with Gasteiger partial charge in [0.05, 0.1) is 16.3 Å². The zero-order chi connectivity index (χ0) is 13.1. The molecule has 0 amide bonds. The molecular weight excluding hydrogens is 246 g/mol. The third-order valence-electron chi connectivity index (χ3n) is 2.90. The molecule has 3 heteroatoms. The SMILES string of the molecule is Cc1cccc(N(C)c2cccc(Cl)c2C=O)c1. The number of carbonyl (C=O) groups excluding carboxylic acids is 1. The van der Waals surface area contributed by atoms with Gasteiger partial charge in [-0.3, -0.25) is 4.79 Å². The quantitative estimate of drug-likeness (QED) is 0.769. The number of nitrogens with zero attached hydrogens (tertiary/aromatic N) is 1. The number of halogens is 1. The van der Waals surface area contributed by atoms with Gasteiger partial charge >= 0.3 is 0 Å². The summed E-state index contributed by atoms with van der Waals surface area (Å²) >= 11 is 6.03. The maximum Gasteiger partial charge on any atom is 0.153 e. The lowest BCUT2D eigenvalue weighted by Crippen LogP contribution is -2.11. The second-order valence-electron chi connectivity index (χ2n) is 4.19. The average molecular weight is 260 g/mol. The summed E-state index contributed by atoms with van der Waals surface area (Å²) in [5, 5.41) is 0.474. The first-order chi connectivity index (χ1) is 8.63. The number of rotatable bonds is 3. The summed E-state index contributed by atoms with van der Waals surface area (Å²) in [4.78, 5) is 13.1. The van der Waals surface area contributed by atoms with Crippen LogP contribution >= 0.6 is 11.6 Å². The molecule has 0 aliphatic rings. The van der Waals surface area contributed by atoms with Gasteiger partial charge in [-0.2, -0.15) is 0 Å². The molecule has 2 rings (SSSR count). The van der Waals surface area contributed by atoms with Gasteiger partial charge in [0.2, 0.25) is 0 Å². The van der Waals surface area contributed by atoms with Gasteiger partial charge < -0.3 is 4.90 Å². The monoisotopic (exact) mass is 259 g/mol. The summed E-state index contributed by atoms with van der Waals surface area (Å²) in [5.41, 5.74) is 3.53. The molecule has 92 valence electrons. The minimum Gasteiger partial charge on any atom is -0.344 e. The minimum absolute atomic E-state index is 0.474. The molecule has 2 nitrogen and oxygen atoms in total. The highest BCUT2D eigenvalue weighted by Gasteiger charge is 2.11. The van der Waals surface area contributed by atoms with Gasteiger partial charge in [0.1, 0.15) is 0 Å². The first-order valence-electron chi connectivity index (χ1n) is 5.67. The molecule has 0 spiro atoms. The summed E-state index contributed by atoms with van der Waals surface area (Å²) in [6.07, 6.45) is 0.796. The number of hydrogen-bond acceptors (Lipinski definition) is 2. The smallest absolute Gasteiger partial charge is 0.153 e. The molecule has 0 atom stereocenters. The largest absolute Gasteiger partial charge is 0.344 e. The number of hydrogen-bond donors (Lipinski definition) is 0. The lowest BCUT2D eigenvalue weighted by atomic mass is 10.1. The van der Waals surface area contributed by atoms with E-state index in [2.05, 4.69) is 6.07 Å². The molecule has 18 heavy (non-hydrogen) atoms. The molecule has 0 fully saturated rings. The average Bonchev–Trinajstić information content (AvgIpc) is 2.37. The van der Waals surface area contributed by atoms with Crippen molar-refractivity contribution in [1.82, 2.24) is 0 Å². The third-order valence-corrected chi connectivity index (χ3v) is 3.23. The summed E-state index contributed by atoms with van der Waals surface area (Å²) in [7, 11) is 1.92. The molecule has 0 aromatic heterocycles. The van der Waals surface area contributed by atoms with E-state index < -0.39 is 0 Å². The van der Waals surface area contributed by atoms with Crippen LogP contribution in [-0.2, 0) is 0 Å². The van der Waals surface area contributed by atoms with E-state index in [1.165, 1.54) is 5.56 Å². The second kappa shape index (κ2) is 5.23. The molecule has 0 aliphatic heterocycles. The molecule has 2 aromatic carbocycles. The van der Waals surface area contributed by atoms with Gasteiger partial charge in [0, 0.05) is 12.7 Å². The lowest BCUT2D eigenvalue weighted by Gasteiger charge is -2.22. The molecule has 0 aliphatic carbocycles. The lowest BCUT2D eigenvalue weighted by molar-refractivity contribution is 0.112. The minimum atomic E-state index is 0.474. The van der Waals surface area contributed by atoms with Crippen molar-refractivity contribution in [3.8, 4) is 0 Å². The van der Waals surface area contributed by atoms with Crippen molar-refractivity contribution in [3.63, 3.8) is 0 Å². The van der Waals surface area contributed by atoms with Crippen LogP contribution in [0.4, 0.5) is 11.4 Å². The Labute approximate surface area is 112 Å². The highest BCUT2D eigenvalue weighted by Crippen LogP contribution is 2.30. The van der Waals surface area contributed by atoms with Gasteiger partial charge in [0.15, 0.2) is 6.29 Å². The molecule has 0 radical (unpaired) electrons. The second-order valence-corrected chi connectivity index (χ2v) is 4.60. The molecule has 0 bridgehead atoms. The Kier molecular flexibility index (Phi) is 3.68. The van der Waals surface area contributed by atoms with E-state index in [-0.39, 0.29) is 0 Å². The fourth-order valence-corrected chi connectivity index (χ4v) is 2.12. The zero-order valence-electron chi connectivity index (χ0n) is 10.4. The summed E-state index contributed by atoms with van der Waals surface area (Å²) in [6, 6.07) is 13.5. The van der Waals surface area contributed by atoms with Crippen LogP contribution in [0, 0.1) is 6.92 Å². The maximum atomic E-state index is 11.1. The first kappa shape index (κ1) is 12.7. The van der Waals surface area contributed by atoms with E-state index in [0.29, 0.717) is 10.6 Å². The molecule has 0 heterocycles. The van der Waals surface area contributed by atoms with Crippen LogP contribution in [0.15, 0.2) is 42.5 Å². The number of benzene rings is 2. The van der Waals surface area contributed by atoms with Crippen LogP contribution in [-0.4, -0.2) is 13.3 Å². The summed E-state index contributed by atoms with van der Waals surface area (Å²) in [6.45, 7) is 2.04. The highest BCUT2D eigenvalue weighted by molar-refractivity contribution is 6.33. The Hall–Kier alpha value is -1.80. The van der Waals surface area contributed by atoms with Gasteiger partial charge in [-0.05, 0) is 36.8 Å². The van der Waals surface area contributed by atoms with Crippen molar-refractivity contribution in [3.05, 3.63) is 58.6 Å². The Bertz CT molecular complexity index is 580. The number of aldehydes is 1. The van der Waals surface area contributed by atoms with Gasteiger partial charge in [-0.1, -0.05) is 29.8 Å². The topological polar surface area (TPSA) is 20.3 Å². The van der Waals surface area contributed by atoms with Crippen molar-refractivity contribution in [2.75, 3.05) is 11.9 Å². The Balaban J connectivity index is 2.49. The fourth-order valence-electron chi connectivity index (χ4n) is 1.91. The van der Waals surface area contributed by atoms with E-state index in [1.54, 1.807) is 6.07 Å². The Morgan fingerprint density at radius 1 is 1.17 bits per heavy atom. The van der Waals surface area contributed by atoms with Crippen molar-refractivity contribution in [2.24, 2.45) is 0 Å². The van der Waals surface area contributed by atoms with E-state index >= 15 is 0 Å². The normalized spacial score (nSPS) is 10.2. The number of carbonyl (C=O) groups is 1. The molecule has 0 N–H and O–H groups in total. The summed E-state index contributed by atoms with van der Waals surface area (Å²) < 4.78 is 0. The van der Waals surface area contributed by atoms with Crippen molar-refractivity contribution in [1.29, 1.82) is 0 Å². The van der Waals surface area contributed by atoms with E-state index in [4.69, 9.17) is 11.6 Å². The summed E-state index contributed by atoms with van der Waals surface area (Å²) in [5.74, 6) is 0. The van der Waals surface area contributed by atoms with Crippen LogP contribution in [0.2, 0.25) is 5.02 Å². The predicted octanol–water partition coefficient (Wildman–Crippen LogP) is 4.23. The maximum absolute atomic E-state index is 11.1. The van der Waals surface area contributed by atoms with Crippen molar-refractivity contribution < 1.29 is 4.79 Å². The third kappa shape index (κ3) is 2.39. The first-order valence-corrected chi connectivity index (χ1v) is 6.05. The van der Waals surface area contributed by atoms with Gasteiger partial charge in [0.25, 0.3) is 0 Å². The van der Waals surface area contributed by atoms with Crippen molar-refractivity contribution >= 4 is 29.3 Å². The molecule has 0 saturated heterocycles. The number of anilines is 2. The predicted molar refractivity (Wildman–Crippen MR) is 76.1 cm³/mol. The number of aryl methyl sites for hydroxylation is 1. The van der Waals surface area contributed by atoms with Gasteiger partial charge in [-0.25, -0.2) is 0 Å². The highest BCUT2D eigenvalue weighted by atomic mass is 35.5. The van der Waals surface area contributed by atoms with Crippen LogP contribution in [0.5, 0.6) is 0 Å². The zero-order valence-corrected chi connectivity index (χ0v) is 11.1. The fraction of sp³-hybridized carbons (Fsp3) is 0.133. The van der Waals surface area contributed by atoms with Crippen LogP contribution in [0.3, 0.4) is 0 Å². The van der Waals surface area contributed by atoms with E-state index in [0.717, 1.165) is 17.7 Å².